The molecule has 0 aromatic heterocycles. The monoisotopic (exact) mass is 376 g/mol. The Balaban J connectivity index is 1.36. The molecule has 4 atom stereocenters. The summed E-state index contributed by atoms with van der Waals surface area (Å²) < 4.78 is 12.5. The molecule has 1 aromatic carbocycles. The Morgan fingerprint density at radius 2 is 2.00 bits per heavy atom. The summed E-state index contributed by atoms with van der Waals surface area (Å²) in [5, 5.41) is 9.56. The Kier molecular flexibility index (Phi) is 3.04. The molecule has 4 unspecified atom stereocenters. The van der Waals surface area contributed by atoms with Crippen molar-refractivity contribution in [3.63, 3.8) is 0 Å². The number of likely N-dealkylation sites (tertiary alicyclic amines) is 1. The standard InChI is InChI=1S/C24H28N2O2/c25-11-17-3-4-18-10-22-13-23(20(18)9-17)14-24(27-7-8-28-24)6-5-19(23)21(22)26(15-22)12-16-1-2-16/h3-4,9,16,19,21H,1-2,5-8,10,12-15H2. The van der Waals surface area contributed by atoms with Gasteiger partial charge >= 0.3 is 0 Å². The molecule has 4 heteroatoms. The molecule has 28 heavy (non-hydrogen) atoms. The van der Waals surface area contributed by atoms with Gasteiger partial charge in [-0.15, -0.1) is 0 Å². The first kappa shape index (κ1) is 16.4. The third-order valence-corrected chi connectivity index (χ3v) is 9.04. The molecule has 4 nitrogen and oxygen atoms in total. The molecule has 4 aliphatic carbocycles. The van der Waals surface area contributed by atoms with E-state index in [1.807, 2.05) is 6.07 Å². The van der Waals surface area contributed by atoms with E-state index in [0.717, 1.165) is 43.6 Å². The summed E-state index contributed by atoms with van der Waals surface area (Å²) in [7, 11) is 0. The first-order chi connectivity index (χ1) is 13.7. The summed E-state index contributed by atoms with van der Waals surface area (Å²) in [4.78, 5) is 2.84. The molecule has 0 N–H and O–H groups in total. The van der Waals surface area contributed by atoms with Crippen LogP contribution in [0.5, 0.6) is 0 Å². The fourth-order valence-corrected chi connectivity index (χ4v) is 8.16. The SMILES string of the molecule is N#Cc1ccc2c(c1)C13CC4(CCC1C1N(CC5CC5)CC1(C2)C3)OCCO4. The van der Waals surface area contributed by atoms with Crippen molar-refractivity contribution in [1.29, 1.82) is 5.26 Å². The van der Waals surface area contributed by atoms with Crippen molar-refractivity contribution in [2.75, 3.05) is 26.3 Å². The van der Waals surface area contributed by atoms with Crippen molar-refractivity contribution in [3.8, 4) is 6.07 Å². The van der Waals surface area contributed by atoms with Gasteiger partial charge in [0.15, 0.2) is 5.79 Å². The summed E-state index contributed by atoms with van der Waals surface area (Å²) in [6.07, 6.45) is 8.56. The molecule has 0 radical (unpaired) electrons. The van der Waals surface area contributed by atoms with Crippen LogP contribution in [0.4, 0.5) is 0 Å². The number of fused-ring (bicyclic) bond motifs is 2. The lowest BCUT2D eigenvalue weighted by atomic mass is 9.58. The van der Waals surface area contributed by atoms with Crippen LogP contribution in [-0.2, 0) is 21.3 Å². The summed E-state index contributed by atoms with van der Waals surface area (Å²) in [6.45, 7) is 4.06. The Bertz CT molecular complexity index is 896. The molecule has 5 fully saturated rings. The van der Waals surface area contributed by atoms with Crippen LogP contribution in [0, 0.1) is 28.6 Å². The number of hydrogen-bond acceptors (Lipinski definition) is 4. The van der Waals surface area contributed by atoms with Gasteiger partial charge in [0.1, 0.15) is 0 Å². The summed E-state index contributed by atoms with van der Waals surface area (Å²) in [6, 6.07) is 9.63. The van der Waals surface area contributed by atoms with Gasteiger partial charge in [0.05, 0.1) is 24.8 Å². The van der Waals surface area contributed by atoms with Gasteiger partial charge in [-0.05, 0) is 67.2 Å². The Morgan fingerprint density at radius 3 is 2.79 bits per heavy atom. The van der Waals surface area contributed by atoms with Crippen molar-refractivity contribution >= 4 is 0 Å². The van der Waals surface area contributed by atoms with Crippen LogP contribution < -0.4 is 0 Å². The lowest BCUT2D eigenvalue weighted by molar-refractivity contribution is -0.200. The second-order valence-electron chi connectivity index (χ2n) is 10.6. The molecular weight excluding hydrogens is 348 g/mol. The predicted octanol–water partition coefficient (Wildman–Crippen LogP) is 3.38. The summed E-state index contributed by atoms with van der Waals surface area (Å²) in [5.41, 5.74) is 4.35. The van der Waals surface area contributed by atoms with E-state index in [2.05, 4.69) is 23.1 Å². The minimum atomic E-state index is -0.375. The van der Waals surface area contributed by atoms with Crippen LogP contribution in [0.1, 0.15) is 55.2 Å². The Labute approximate surface area is 166 Å². The summed E-state index contributed by atoms with van der Waals surface area (Å²) in [5.74, 6) is 1.27. The third kappa shape index (κ3) is 1.96. The van der Waals surface area contributed by atoms with Crippen LogP contribution in [0.25, 0.3) is 0 Å². The highest BCUT2D eigenvalue weighted by atomic mass is 16.7. The van der Waals surface area contributed by atoms with Gasteiger partial charge in [-0.2, -0.15) is 5.26 Å². The Morgan fingerprint density at radius 1 is 1.14 bits per heavy atom. The highest BCUT2D eigenvalue weighted by Gasteiger charge is 2.73. The van der Waals surface area contributed by atoms with E-state index in [4.69, 9.17) is 9.47 Å². The molecular formula is C24H28N2O2. The van der Waals surface area contributed by atoms with Crippen molar-refractivity contribution < 1.29 is 9.47 Å². The van der Waals surface area contributed by atoms with E-state index in [0.29, 0.717) is 11.3 Å². The molecule has 2 saturated heterocycles. The van der Waals surface area contributed by atoms with Gasteiger partial charge < -0.3 is 9.47 Å². The summed E-state index contributed by atoms with van der Waals surface area (Å²) >= 11 is 0. The van der Waals surface area contributed by atoms with E-state index in [1.54, 1.807) is 0 Å². The third-order valence-electron chi connectivity index (χ3n) is 9.04. The number of rotatable bonds is 2. The molecule has 7 rings (SSSR count). The smallest absolute Gasteiger partial charge is 0.169 e. The molecule has 3 saturated carbocycles. The quantitative estimate of drug-likeness (QED) is 0.794. The molecule has 6 aliphatic rings. The van der Waals surface area contributed by atoms with E-state index in [-0.39, 0.29) is 11.2 Å². The molecule has 1 aromatic rings. The minimum absolute atomic E-state index is 0.131. The van der Waals surface area contributed by atoms with Gasteiger partial charge in [0.2, 0.25) is 0 Å². The first-order valence-electron chi connectivity index (χ1n) is 11.2. The van der Waals surface area contributed by atoms with E-state index in [1.165, 1.54) is 56.3 Å². The van der Waals surface area contributed by atoms with Crippen molar-refractivity contribution in [2.45, 2.75) is 62.2 Å². The van der Waals surface area contributed by atoms with Gasteiger partial charge in [0.25, 0.3) is 0 Å². The molecule has 2 bridgehead atoms. The topological polar surface area (TPSA) is 45.5 Å². The minimum Gasteiger partial charge on any atom is -0.348 e. The maximum atomic E-state index is 9.56. The zero-order valence-corrected chi connectivity index (χ0v) is 16.5. The maximum absolute atomic E-state index is 9.56. The van der Waals surface area contributed by atoms with E-state index < -0.39 is 0 Å². The fraction of sp³-hybridized carbons (Fsp3) is 0.708. The molecule has 3 spiro atoms. The number of ether oxygens (including phenoxy) is 2. The van der Waals surface area contributed by atoms with Crippen molar-refractivity contribution in [1.82, 2.24) is 4.90 Å². The Hall–Kier alpha value is -1.41. The lowest BCUT2D eigenvalue weighted by Gasteiger charge is -2.57. The fourth-order valence-electron chi connectivity index (χ4n) is 8.16. The molecule has 0 amide bonds. The number of nitrogens with zero attached hydrogens (tertiary/aromatic N) is 2. The predicted molar refractivity (Wildman–Crippen MR) is 104 cm³/mol. The zero-order valence-electron chi connectivity index (χ0n) is 16.5. The average molecular weight is 377 g/mol. The largest absolute Gasteiger partial charge is 0.348 e. The van der Waals surface area contributed by atoms with Gasteiger partial charge in [-0.1, -0.05) is 6.07 Å². The van der Waals surface area contributed by atoms with Gasteiger partial charge in [-0.3, -0.25) is 4.90 Å². The highest BCUT2D eigenvalue weighted by molar-refractivity contribution is 5.50. The van der Waals surface area contributed by atoms with Gasteiger partial charge in [-0.25, -0.2) is 0 Å². The van der Waals surface area contributed by atoms with Crippen LogP contribution in [0.3, 0.4) is 0 Å². The average Bonchev–Trinajstić information content (AvgIpc) is 3.37. The number of nitriles is 1. The second-order valence-corrected chi connectivity index (χ2v) is 10.6. The zero-order chi connectivity index (χ0) is 18.6. The van der Waals surface area contributed by atoms with Crippen LogP contribution in [-0.4, -0.2) is 43.0 Å². The van der Waals surface area contributed by atoms with Crippen LogP contribution in [0.2, 0.25) is 0 Å². The molecule has 146 valence electrons. The first-order valence-corrected chi connectivity index (χ1v) is 11.2. The van der Waals surface area contributed by atoms with E-state index >= 15 is 0 Å². The highest BCUT2D eigenvalue weighted by Crippen LogP contribution is 2.71. The van der Waals surface area contributed by atoms with Crippen molar-refractivity contribution in [2.24, 2.45) is 17.3 Å². The lowest BCUT2D eigenvalue weighted by Crippen LogP contribution is -2.65. The number of hydrogen-bond donors (Lipinski definition) is 0. The number of benzene rings is 1. The second kappa shape index (κ2) is 5.19. The van der Waals surface area contributed by atoms with E-state index in [9.17, 15) is 5.26 Å². The normalized spacial score (nSPS) is 42.4. The van der Waals surface area contributed by atoms with Crippen molar-refractivity contribution in [3.05, 3.63) is 34.9 Å². The molecule has 2 aliphatic heterocycles. The van der Waals surface area contributed by atoms with Gasteiger partial charge in [0, 0.05) is 42.8 Å². The van der Waals surface area contributed by atoms with Crippen LogP contribution >= 0.6 is 0 Å². The molecule has 2 heterocycles. The van der Waals surface area contributed by atoms with Crippen LogP contribution in [0.15, 0.2) is 18.2 Å². The maximum Gasteiger partial charge on any atom is 0.169 e.